The maximum absolute atomic E-state index is 12.9. The quantitative estimate of drug-likeness (QED) is 0.682. The SMILES string of the molecule is CC(C)(C)OC(=O)C1CCCN2C(=O)CCC(NS(C)(=O)=O)C(=O)N12. The number of carbonyl (C=O) groups is 3. The molecule has 25 heavy (non-hydrogen) atoms. The molecule has 9 nitrogen and oxygen atoms in total. The van der Waals surface area contributed by atoms with E-state index in [1.54, 1.807) is 20.8 Å². The van der Waals surface area contributed by atoms with Crippen LogP contribution in [0.1, 0.15) is 46.5 Å². The van der Waals surface area contributed by atoms with Crippen molar-refractivity contribution in [3.05, 3.63) is 0 Å². The number of sulfonamides is 1. The Morgan fingerprint density at radius 1 is 1.24 bits per heavy atom. The maximum atomic E-state index is 12.9. The van der Waals surface area contributed by atoms with E-state index in [-0.39, 0.29) is 18.7 Å². The van der Waals surface area contributed by atoms with Crippen molar-refractivity contribution < 1.29 is 27.5 Å². The predicted molar refractivity (Wildman–Crippen MR) is 88.4 cm³/mol. The van der Waals surface area contributed by atoms with Gasteiger partial charge in [-0.1, -0.05) is 0 Å². The molecule has 0 radical (unpaired) electrons. The first-order valence-electron chi connectivity index (χ1n) is 8.22. The van der Waals surface area contributed by atoms with Gasteiger partial charge in [-0.2, -0.15) is 0 Å². The molecule has 0 aliphatic carbocycles. The zero-order valence-electron chi connectivity index (χ0n) is 14.9. The van der Waals surface area contributed by atoms with E-state index in [1.165, 1.54) is 5.01 Å². The second-order valence-corrected chi connectivity index (χ2v) is 9.15. The number of hydrogen-bond acceptors (Lipinski definition) is 6. The van der Waals surface area contributed by atoms with E-state index in [4.69, 9.17) is 4.74 Å². The van der Waals surface area contributed by atoms with E-state index in [0.717, 1.165) is 11.3 Å². The number of hydrogen-bond donors (Lipinski definition) is 1. The summed E-state index contributed by atoms with van der Waals surface area (Å²) in [5.74, 6) is -1.51. The zero-order valence-corrected chi connectivity index (χ0v) is 15.8. The molecule has 2 aliphatic rings. The van der Waals surface area contributed by atoms with Crippen LogP contribution in [0.2, 0.25) is 0 Å². The van der Waals surface area contributed by atoms with Crippen LogP contribution in [0.15, 0.2) is 0 Å². The summed E-state index contributed by atoms with van der Waals surface area (Å²) in [7, 11) is -3.64. The molecule has 0 aromatic rings. The van der Waals surface area contributed by atoms with Gasteiger partial charge in [0.2, 0.25) is 15.9 Å². The van der Waals surface area contributed by atoms with Crippen molar-refractivity contribution in [2.24, 2.45) is 0 Å². The van der Waals surface area contributed by atoms with Gasteiger partial charge in [0.05, 0.1) is 6.26 Å². The number of carbonyl (C=O) groups excluding carboxylic acids is 3. The fourth-order valence-electron chi connectivity index (χ4n) is 2.99. The van der Waals surface area contributed by atoms with Gasteiger partial charge in [-0.25, -0.2) is 22.9 Å². The second-order valence-electron chi connectivity index (χ2n) is 7.37. The van der Waals surface area contributed by atoms with Crippen LogP contribution in [-0.2, 0) is 29.1 Å². The molecule has 2 aliphatic heterocycles. The number of hydrazine groups is 1. The van der Waals surface area contributed by atoms with Gasteiger partial charge < -0.3 is 4.74 Å². The average molecular weight is 375 g/mol. The van der Waals surface area contributed by atoms with Gasteiger partial charge in [-0.3, -0.25) is 14.6 Å². The molecule has 2 rings (SSSR count). The van der Waals surface area contributed by atoms with Crippen molar-refractivity contribution in [3.63, 3.8) is 0 Å². The maximum Gasteiger partial charge on any atom is 0.331 e. The molecule has 0 aromatic carbocycles. The Hall–Kier alpha value is -1.68. The second kappa shape index (κ2) is 6.91. The number of ether oxygens (including phenoxy) is 1. The third kappa shape index (κ3) is 4.91. The number of nitrogens with zero attached hydrogens (tertiary/aromatic N) is 2. The highest BCUT2D eigenvalue weighted by molar-refractivity contribution is 7.88. The minimum atomic E-state index is -3.64. The summed E-state index contributed by atoms with van der Waals surface area (Å²) in [6.45, 7) is 5.47. The molecule has 2 heterocycles. The third-order valence-electron chi connectivity index (χ3n) is 3.90. The van der Waals surface area contributed by atoms with E-state index < -0.39 is 39.6 Å². The summed E-state index contributed by atoms with van der Waals surface area (Å²) < 4.78 is 30.7. The van der Waals surface area contributed by atoms with E-state index in [1.807, 2.05) is 0 Å². The number of esters is 1. The minimum absolute atomic E-state index is 0.0243. The number of fused-ring (bicyclic) bond motifs is 1. The molecule has 1 N–H and O–H groups in total. The molecule has 2 atom stereocenters. The Labute approximate surface area is 147 Å². The molecular formula is C15H25N3O6S. The monoisotopic (exact) mass is 375 g/mol. The molecule has 142 valence electrons. The Bertz CT molecular complexity index is 669. The molecule has 2 amide bonds. The highest BCUT2D eigenvalue weighted by Gasteiger charge is 2.45. The van der Waals surface area contributed by atoms with Crippen molar-refractivity contribution in [2.45, 2.75) is 64.1 Å². The largest absolute Gasteiger partial charge is 0.458 e. The predicted octanol–water partition coefficient (Wildman–Crippen LogP) is -0.226. The molecule has 2 unspecified atom stereocenters. The Morgan fingerprint density at radius 2 is 1.88 bits per heavy atom. The van der Waals surface area contributed by atoms with Gasteiger partial charge >= 0.3 is 5.97 Å². The number of rotatable bonds is 3. The lowest BCUT2D eigenvalue weighted by Crippen LogP contribution is -2.62. The summed E-state index contributed by atoms with van der Waals surface area (Å²) in [6, 6.07) is -2.02. The van der Waals surface area contributed by atoms with Crippen molar-refractivity contribution in [3.8, 4) is 0 Å². The number of nitrogens with one attached hydrogen (secondary N) is 1. The first-order valence-corrected chi connectivity index (χ1v) is 10.1. The summed E-state index contributed by atoms with van der Waals surface area (Å²) in [4.78, 5) is 37.8. The van der Waals surface area contributed by atoms with Gasteiger partial charge in [0.15, 0.2) is 6.04 Å². The lowest BCUT2D eigenvalue weighted by Gasteiger charge is -2.43. The molecule has 0 bridgehead atoms. The van der Waals surface area contributed by atoms with Gasteiger partial charge in [-0.05, 0) is 40.0 Å². The molecule has 0 saturated carbocycles. The van der Waals surface area contributed by atoms with Crippen LogP contribution in [0, 0.1) is 0 Å². The van der Waals surface area contributed by atoms with Crippen LogP contribution in [0.25, 0.3) is 0 Å². The van der Waals surface area contributed by atoms with Gasteiger partial charge in [0.1, 0.15) is 11.6 Å². The highest BCUT2D eigenvalue weighted by atomic mass is 32.2. The van der Waals surface area contributed by atoms with Crippen LogP contribution in [0.4, 0.5) is 0 Å². The first kappa shape index (κ1) is 19.6. The van der Waals surface area contributed by atoms with Crippen LogP contribution < -0.4 is 4.72 Å². The minimum Gasteiger partial charge on any atom is -0.458 e. The highest BCUT2D eigenvalue weighted by Crippen LogP contribution is 2.26. The normalized spacial score (nSPS) is 25.4. The summed E-state index contributed by atoms with van der Waals surface area (Å²) >= 11 is 0. The number of amides is 2. The summed E-state index contributed by atoms with van der Waals surface area (Å²) in [5.41, 5.74) is -0.733. The van der Waals surface area contributed by atoms with Gasteiger partial charge in [-0.15, -0.1) is 0 Å². The van der Waals surface area contributed by atoms with E-state index in [2.05, 4.69) is 4.72 Å². The van der Waals surface area contributed by atoms with Gasteiger partial charge in [0.25, 0.3) is 5.91 Å². The van der Waals surface area contributed by atoms with Crippen molar-refractivity contribution in [1.29, 1.82) is 0 Å². The average Bonchev–Trinajstić information content (AvgIpc) is 2.56. The lowest BCUT2D eigenvalue weighted by molar-refractivity contribution is -0.187. The molecular weight excluding hydrogens is 350 g/mol. The first-order chi connectivity index (χ1) is 11.4. The molecule has 0 spiro atoms. The topological polar surface area (TPSA) is 113 Å². The lowest BCUT2D eigenvalue weighted by atomic mass is 10.1. The fraction of sp³-hybridized carbons (Fsp3) is 0.800. The van der Waals surface area contributed by atoms with E-state index >= 15 is 0 Å². The van der Waals surface area contributed by atoms with Gasteiger partial charge in [0, 0.05) is 13.0 Å². The smallest absolute Gasteiger partial charge is 0.331 e. The molecule has 0 aromatic heterocycles. The van der Waals surface area contributed by atoms with E-state index in [9.17, 15) is 22.8 Å². The molecule has 10 heteroatoms. The van der Waals surface area contributed by atoms with Crippen molar-refractivity contribution in [2.75, 3.05) is 12.8 Å². The van der Waals surface area contributed by atoms with E-state index in [0.29, 0.717) is 19.4 Å². The van der Waals surface area contributed by atoms with Crippen LogP contribution in [-0.4, -0.2) is 66.7 Å². The third-order valence-corrected chi connectivity index (χ3v) is 4.61. The van der Waals surface area contributed by atoms with Crippen LogP contribution in [0.5, 0.6) is 0 Å². The van der Waals surface area contributed by atoms with Crippen molar-refractivity contribution >= 4 is 27.8 Å². The standard InChI is InChI=1S/C15H25N3O6S/c1-15(2,3)24-14(21)11-6-5-9-17-12(19)8-7-10(13(20)18(11)17)16-25(4,22)23/h10-11,16H,5-9H2,1-4H3. The zero-order chi connectivity index (χ0) is 19.0. The fourth-order valence-corrected chi connectivity index (χ4v) is 3.72. The van der Waals surface area contributed by atoms with Crippen molar-refractivity contribution in [1.82, 2.24) is 14.7 Å². The molecule has 2 fully saturated rings. The molecule has 2 saturated heterocycles. The van der Waals surface area contributed by atoms with Crippen LogP contribution >= 0.6 is 0 Å². The summed E-state index contributed by atoms with van der Waals surface area (Å²) in [6.07, 6.45) is 1.95. The Balaban J connectivity index is 2.33. The Morgan fingerprint density at radius 3 is 2.44 bits per heavy atom. The summed E-state index contributed by atoms with van der Waals surface area (Å²) in [5, 5.41) is 2.35. The Kier molecular flexibility index (Phi) is 5.43. The van der Waals surface area contributed by atoms with Crippen LogP contribution in [0.3, 0.4) is 0 Å².